The molecule has 2 aromatic rings. The SMILES string of the molecule is CCNC(=NCc1ccc(Cl)cc1)NCc1ccc(COC)cc1.I. The fourth-order valence-corrected chi connectivity index (χ4v) is 2.33. The topological polar surface area (TPSA) is 45.7 Å². The Hall–Kier alpha value is -1.31. The van der Waals surface area contributed by atoms with Crippen LogP contribution in [0.25, 0.3) is 0 Å². The Morgan fingerprint density at radius 1 is 0.960 bits per heavy atom. The highest BCUT2D eigenvalue weighted by Crippen LogP contribution is 2.10. The number of aliphatic imine (C=N–C) groups is 1. The number of hydrogen-bond acceptors (Lipinski definition) is 2. The van der Waals surface area contributed by atoms with Crippen molar-refractivity contribution in [3.63, 3.8) is 0 Å². The van der Waals surface area contributed by atoms with Gasteiger partial charge in [-0.05, 0) is 35.7 Å². The van der Waals surface area contributed by atoms with Crippen LogP contribution in [0.4, 0.5) is 0 Å². The highest BCUT2D eigenvalue weighted by atomic mass is 127. The first-order valence-electron chi connectivity index (χ1n) is 8.04. The normalized spacial score (nSPS) is 10.9. The summed E-state index contributed by atoms with van der Waals surface area (Å²) in [5.41, 5.74) is 3.50. The zero-order valence-corrected chi connectivity index (χ0v) is 17.7. The number of halogens is 2. The Morgan fingerprint density at radius 2 is 1.56 bits per heavy atom. The van der Waals surface area contributed by atoms with Crippen molar-refractivity contribution in [2.45, 2.75) is 26.6 Å². The van der Waals surface area contributed by atoms with E-state index in [0.717, 1.165) is 29.6 Å². The van der Waals surface area contributed by atoms with Gasteiger partial charge in [0.25, 0.3) is 0 Å². The lowest BCUT2D eigenvalue weighted by Crippen LogP contribution is -2.36. The van der Waals surface area contributed by atoms with E-state index in [0.29, 0.717) is 13.2 Å². The Kier molecular flexibility index (Phi) is 10.5. The Morgan fingerprint density at radius 3 is 2.16 bits per heavy atom. The maximum absolute atomic E-state index is 5.90. The van der Waals surface area contributed by atoms with Crippen LogP contribution in [0.3, 0.4) is 0 Å². The zero-order valence-electron chi connectivity index (χ0n) is 14.6. The summed E-state index contributed by atoms with van der Waals surface area (Å²) < 4.78 is 5.13. The average Bonchev–Trinajstić information content (AvgIpc) is 2.60. The number of nitrogens with one attached hydrogen (secondary N) is 2. The molecular weight excluding hydrogens is 449 g/mol. The van der Waals surface area contributed by atoms with Gasteiger partial charge in [-0.3, -0.25) is 0 Å². The molecule has 136 valence electrons. The van der Waals surface area contributed by atoms with E-state index in [9.17, 15) is 0 Å². The standard InChI is InChI=1S/C19H24ClN3O.HI/c1-3-21-19(23-13-16-8-10-18(20)11-9-16)22-12-15-4-6-17(7-5-15)14-24-2;/h4-11H,3,12-14H2,1-2H3,(H2,21,22,23);1H. The van der Waals surface area contributed by atoms with Gasteiger partial charge < -0.3 is 15.4 Å². The van der Waals surface area contributed by atoms with Crippen LogP contribution in [0, 0.1) is 0 Å². The summed E-state index contributed by atoms with van der Waals surface area (Å²) in [6, 6.07) is 16.1. The van der Waals surface area contributed by atoms with Crippen LogP contribution in [-0.2, 0) is 24.4 Å². The molecule has 0 amide bonds. The molecule has 0 bridgehead atoms. The molecule has 0 radical (unpaired) electrons. The Labute approximate surface area is 172 Å². The average molecular weight is 474 g/mol. The summed E-state index contributed by atoms with van der Waals surface area (Å²) in [6.45, 7) is 4.84. The van der Waals surface area contributed by atoms with Gasteiger partial charge >= 0.3 is 0 Å². The summed E-state index contributed by atoms with van der Waals surface area (Å²) >= 11 is 5.90. The van der Waals surface area contributed by atoms with Crippen molar-refractivity contribution >= 4 is 41.5 Å². The van der Waals surface area contributed by atoms with E-state index in [2.05, 4.69) is 46.8 Å². The van der Waals surface area contributed by atoms with Crippen LogP contribution in [-0.4, -0.2) is 19.6 Å². The highest BCUT2D eigenvalue weighted by Gasteiger charge is 2.00. The Balaban J connectivity index is 0.00000312. The van der Waals surface area contributed by atoms with Crippen LogP contribution in [0.1, 0.15) is 23.6 Å². The van der Waals surface area contributed by atoms with E-state index in [-0.39, 0.29) is 24.0 Å². The predicted octanol–water partition coefficient (Wildman–Crippen LogP) is 4.36. The molecule has 2 N–H and O–H groups in total. The van der Waals surface area contributed by atoms with E-state index in [1.807, 2.05) is 24.3 Å². The van der Waals surface area contributed by atoms with Crippen molar-refractivity contribution in [2.24, 2.45) is 4.99 Å². The molecule has 0 unspecified atom stereocenters. The lowest BCUT2D eigenvalue weighted by Gasteiger charge is -2.12. The molecule has 0 saturated carbocycles. The van der Waals surface area contributed by atoms with Crippen molar-refractivity contribution < 1.29 is 4.74 Å². The monoisotopic (exact) mass is 473 g/mol. The van der Waals surface area contributed by atoms with Crippen molar-refractivity contribution in [3.05, 3.63) is 70.2 Å². The fourth-order valence-electron chi connectivity index (χ4n) is 2.21. The molecule has 0 spiro atoms. The number of guanidine groups is 1. The first-order valence-corrected chi connectivity index (χ1v) is 8.42. The molecule has 0 fully saturated rings. The van der Waals surface area contributed by atoms with Gasteiger partial charge in [0, 0.05) is 25.2 Å². The molecule has 4 nitrogen and oxygen atoms in total. The van der Waals surface area contributed by atoms with E-state index in [1.54, 1.807) is 7.11 Å². The second kappa shape index (κ2) is 12.1. The van der Waals surface area contributed by atoms with Crippen LogP contribution < -0.4 is 10.6 Å². The minimum absolute atomic E-state index is 0. The lowest BCUT2D eigenvalue weighted by atomic mass is 10.1. The summed E-state index contributed by atoms with van der Waals surface area (Å²) in [6.07, 6.45) is 0. The summed E-state index contributed by atoms with van der Waals surface area (Å²) in [4.78, 5) is 4.61. The van der Waals surface area contributed by atoms with Crippen molar-refractivity contribution in [1.29, 1.82) is 0 Å². The van der Waals surface area contributed by atoms with E-state index < -0.39 is 0 Å². The van der Waals surface area contributed by atoms with Gasteiger partial charge in [-0.2, -0.15) is 0 Å². The van der Waals surface area contributed by atoms with E-state index in [1.165, 1.54) is 11.1 Å². The van der Waals surface area contributed by atoms with Gasteiger partial charge in [0.15, 0.2) is 5.96 Å². The molecule has 0 aliphatic heterocycles. The number of hydrogen-bond donors (Lipinski definition) is 2. The third-order valence-corrected chi connectivity index (χ3v) is 3.72. The largest absolute Gasteiger partial charge is 0.380 e. The third-order valence-electron chi connectivity index (χ3n) is 3.47. The number of nitrogens with zero attached hydrogens (tertiary/aromatic N) is 1. The summed E-state index contributed by atoms with van der Waals surface area (Å²) in [5.74, 6) is 0.799. The molecule has 0 heterocycles. The quantitative estimate of drug-likeness (QED) is 0.357. The molecule has 0 saturated heterocycles. The molecule has 2 rings (SSSR count). The maximum atomic E-state index is 5.90. The molecule has 0 atom stereocenters. The smallest absolute Gasteiger partial charge is 0.191 e. The van der Waals surface area contributed by atoms with Gasteiger partial charge in [-0.25, -0.2) is 4.99 Å². The number of benzene rings is 2. The second-order valence-electron chi connectivity index (χ2n) is 5.42. The molecule has 2 aromatic carbocycles. The second-order valence-corrected chi connectivity index (χ2v) is 5.86. The predicted molar refractivity (Wildman–Crippen MR) is 116 cm³/mol. The number of methoxy groups -OCH3 is 1. The lowest BCUT2D eigenvalue weighted by molar-refractivity contribution is 0.185. The first-order chi connectivity index (χ1) is 11.7. The number of ether oxygens (including phenoxy) is 1. The molecule has 25 heavy (non-hydrogen) atoms. The van der Waals surface area contributed by atoms with Gasteiger partial charge in [-0.15, -0.1) is 24.0 Å². The molecule has 0 aliphatic rings. The van der Waals surface area contributed by atoms with Gasteiger partial charge in [0.05, 0.1) is 13.2 Å². The van der Waals surface area contributed by atoms with Crippen molar-refractivity contribution in [2.75, 3.05) is 13.7 Å². The van der Waals surface area contributed by atoms with E-state index in [4.69, 9.17) is 16.3 Å². The number of rotatable bonds is 7. The van der Waals surface area contributed by atoms with Crippen molar-refractivity contribution in [1.82, 2.24) is 10.6 Å². The summed E-state index contributed by atoms with van der Waals surface area (Å²) in [7, 11) is 1.70. The third kappa shape index (κ3) is 8.07. The Bertz CT molecular complexity index is 645. The minimum Gasteiger partial charge on any atom is -0.380 e. The van der Waals surface area contributed by atoms with Crippen LogP contribution in [0.15, 0.2) is 53.5 Å². The molecule has 0 aromatic heterocycles. The van der Waals surface area contributed by atoms with E-state index >= 15 is 0 Å². The fraction of sp³-hybridized carbons (Fsp3) is 0.316. The highest BCUT2D eigenvalue weighted by molar-refractivity contribution is 14.0. The zero-order chi connectivity index (χ0) is 17.2. The van der Waals surface area contributed by atoms with Crippen LogP contribution >= 0.6 is 35.6 Å². The molecular formula is C19H25ClIN3O. The molecule has 6 heteroatoms. The minimum atomic E-state index is 0. The summed E-state index contributed by atoms with van der Waals surface area (Å²) in [5, 5.41) is 7.35. The first kappa shape index (κ1) is 21.7. The maximum Gasteiger partial charge on any atom is 0.191 e. The van der Waals surface area contributed by atoms with Crippen molar-refractivity contribution in [3.8, 4) is 0 Å². The molecule has 0 aliphatic carbocycles. The van der Waals surface area contributed by atoms with Gasteiger partial charge in [0.2, 0.25) is 0 Å². The van der Waals surface area contributed by atoms with Crippen LogP contribution in [0.5, 0.6) is 0 Å². The van der Waals surface area contributed by atoms with Gasteiger partial charge in [-0.1, -0.05) is 48.0 Å². The van der Waals surface area contributed by atoms with Gasteiger partial charge in [0.1, 0.15) is 0 Å². The van der Waals surface area contributed by atoms with Crippen LogP contribution in [0.2, 0.25) is 5.02 Å².